The van der Waals surface area contributed by atoms with E-state index in [4.69, 9.17) is 0 Å². The Labute approximate surface area is 208 Å². The summed E-state index contributed by atoms with van der Waals surface area (Å²) in [5, 5.41) is 22.9. The first kappa shape index (κ1) is 23.6. The lowest BCUT2D eigenvalue weighted by atomic mass is 9.92. The van der Waals surface area contributed by atoms with Crippen LogP contribution in [0.1, 0.15) is 20.7 Å². The summed E-state index contributed by atoms with van der Waals surface area (Å²) in [5.41, 5.74) is -1.02. The second-order valence-electron chi connectivity index (χ2n) is 8.01. The van der Waals surface area contributed by atoms with E-state index in [0.29, 0.717) is 10.6 Å². The quantitative estimate of drug-likeness (QED) is 0.224. The molecule has 4 aromatic rings. The average Bonchev–Trinajstić information content (AvgIpc) is 2.87. The maximum atomic E-state index is 13.3. The van der Waals surface area contributed by atoms with Gasteiger partial charge in [-0.2, -0.15) is 0 Å². The number of nitro benzene ring substituents is 2. The Balaban J connectivity index is 1.59. The van der Waals surface area contributed by atoms with Crippen molar-refractivity contribution < 1.29 is 27.9 Å². The van der Waals surface area contributed by atoms with E-state index in [9.17, 15) is 38.2 Å². The number of carbonyl (C=O) groups excluding carboxylic acids is 2. The third kappa shape index (κ3) is 4.02. The smallest absolute Gasteiger partial charge is 0.270 e. The highest BCUT2D eigenvalue weighted by molar-refractivity contribution is 7.92. The molecule has 1 aliphatic rings. The van der Waals surface area contributed by atoms with Gasteiger partial charge >= 0.3 is 0 Å². The summed E-state index contributed by atoms with van der Waals surface area (Å²) in [6.45, 7) is 0. The van der Waals surface area contributed by atoms with Gasteiger partial charge in [0.05, 0.1) is 31.6 Å². The molecule has 1 heterocycles. The summed E-state index contributed by atoms with van der Waals surface area (Å²) in [7, 11) is -3.99. The highest BCUT2D eigenvalue weighted by atomic mass is 32.2. The van der Waals surface area contributed by atoms with Crippen LogP contribution in [0.4, 0.5) is 22.7 Å². The lowest BCUT2D eigenvalue weighted by molar-refractivity contribution is -0.385. The van der Waals surface area contributed by atoms with Gasteiger partial charge in [-0.05, 0) is 41.8 Å². The van der Waals surface area contributed by atoms with Crippen LogP contribution in [0.25, 0.3) is 10.8 Å². The van der Waals surface area contributed by atoms with Gasteiger partial charge < -0.3 is 0 Å². The van der Waals surface area contributed by atoms with Crippen molar-refractivity contribution in [2.75, 3.05) is 9.62 Å². The molecule has 12 nitrogen and oxygen atoms in total. The van der Waals surface area contributed by atoms with Crippen LogP contribution >= 0.6 is 0 Å². The molecule has 5 rings (SSSR count). The molecule has 13 heteroatoms. The molecule has 2 amide bonds. The zero-order valence-corrected chi connectivity index (χ0v) is 19.3. The van der Waals surface area contributed by atoms with Gasteiger partial charge in [0, 0.05) is 35.3 Å². The topological polar surface area (TPSA) is 170 Å². The summed E-state index contributed by atoms with van der Waals surface area (Å²) < 4.78 is 27.9. The zero-order valence-electron chi connectivity index (χ0n) is 18.5. The fourth-order valence-corrected chi connectivity index (χ4v) is 5.15. The largest absolute Gasteiger partial charge is 0.280 e. The second kappa shape index (κ2) is 8.49. The number of non-ortho nitro benzene ring substituents is 2. The van der Waals surface area contributed by atoms with Crippen molar-refractivity contribution in [3.63, 3.8) is 0 Å². The lowest BCUT2D eigenvalue weighted by Crippen LogP contribution is -2.40. The Morgan fingerprint density at radius 3 is 1.73 bits per heavy atom. The van der Waals surface area contributed by atoms with Gasteiger partial charge in [-0.1, -0.05) is 18.2 Å². The van der Waals surface area contributed by atoms with Gasteiger partial charge in [0.1, 0.15) is 0 Å². The first-order valence-electron chi connectivity index (χ1n) is 10.5. The molecule has 37 heavy (non-hydrogen) atoms. The van der Waals surface area contributed by atoms with E-state index in [-0.39, 0.29) is 32.5 Å². The third-order valence-corrected chi connectivity index (χ3v) is 7.14. The van der Waals surface area contributed by atoms with Crippen molar-refractivity contribution in [1.82, 2.24) is 0 Å². The number of amides is 2. The van der Waals surface area contributed by atoms with Gasteiger partial charge in [0.25, 0.3) is 33.2 Å². The van der Waals surface area contributed by atoms with Crippen LogP contribution in [0, 0.1) is 20.2 Å². The van der Waals surface area contributed by atoms with Crippen molar-refractivity contribution in [2.45, 2.75) is 4.90 Å². The molecule has 1 N–H and O–H groups in total. The summed E-state index contributed by atoms with van der Waals surface area (Å²) in [4.78, 5) is 48.6. The van der Waals surface area contributed by atoms with Crippen molar-refractivity contribution in [3.8, 4) is 0 Å². The van der Waals surface area contributed by atoms with Crippen LogP contribution in [0.5, 0.6) is 0 Å². The molecule has 0 aliphatic carbocycles. The summed E-state index contributed by atoms with van der Waals surface area (Å²) in [5.74, 6) is -1.78. The second-order valence-corrected chi connectivity index (χ2v) is 9.69. The van der Waals surface area contributed by atoms with E-state index in [1.165, 1.54) is 24.3 Å². The Morgan fingerprint density at radius 1 is 0.730 bits per heavy atom. The normalized spacial score (nSPS) is 13.0. The number of hydrogen-bond donors (Lipinski definition) is 1. The van der Waals surface area contributed by atoms with Crippen LogP contribution in [0.3, 0.4) is 0 Å². The maximum Gasteiger partial charge on any atom is 0.270 e. The molecule has 0 saturated heterocycles. The summed E-state index contributed by atoms with van der Waals surface area (Å²) in [6.07, 6.45) is 0. The fourth-order valence-electron chi connectivity index (χ4n) is 4.09. The first-order chi connectivity index (χ1) is 17.6. The fraction of sp³-hybridized carbons (Fsp3) is 0. The number of nitrogens with zero attached hydrogens (tertiary/aromatic N) is 3. The minimum Gasteiger partial charge on any atom is -0.280 e. The van der Waals surface area contributed by atoms with Gasteiger partial charge in [-0.3, -0.25) is 34.5 Å². The Kier molecular flexibility index (Phi) is 5.41. The van der Waals surface area contributed by atoms with Crippen LogP contribution in [0.15, 0.2) is 83.8 Å². The lowest BCUT2D eigenvalue weighted by Gasteiger charge is -2.27. The molecule has 0 bridgehead atoms. The number of imide groups is 1. The number of para-hydroxylation sites is 1. The van der Waals surface area contributed by atoms with E-state index >= 15 is 0 Å². The van der Waals surface area contributed by atoms with Gasteiger partial charge in [-0.15, -0.1) is 0 Å². The number of carbonyl (C=O) groups is 2. The van der Waals surface area contributed by atoms with E-state index in [1.807, 2.05) is 0 Å². The van der Waals surface area contributed by atoms with E-state index in [2.05, 4.69) is 4.72 Å². The molecule has 0 unspecified atom stereocenters. The average molecular weight is 518 g/mol. The standard InChI is InChI=1S/C24H14N4O8S/c29-23-20-12-17(27(31)32)10-14-11-18(28(33)34)13-21(22(14)20)24(30)26(23)16-6-8-19(9-7-16)37(35,36)25-15-4-2-1-3-5-15/h1-13,25H. The summed E-state index contributed by atoms with van der Waals surface area (Å²) >= 11 is 0. The summed E-state index contributed by atoms with van der Waals surface area (Å²) in [6, 6.07) is 17.1. The Hall–Kier alpha value is -5.17. The molecule has 1 aliphatic heterocycles. The predicted molar refractivity (Wildman–Crippen MR) is 132 cm³/mol. The number of benzene rings is 4. The predicted octanol–water partition coefficient (Wildman–Crippen LogP) is 4.26. The monoisotopic (exact) mass is 518 g/mol. The SMILES string of the molecule is O=C1c2cc([N+](=O)[O-])cc3cc([N+](=O)[O-])cc(c23)C(=O)N1c1ccc(S(=O)(=O)Nc2ccccc2)cc1. The van der Waals surface area contributed by atoms with Crippen LogP contribution in [-0.4, -0.2) is 30.1 Å². The number of rotatable bonds is 6. The highest BCUT2D eigenvalue weighted by Gasteiger charge is 2.37. The van der Waals surface area contributed by atoms with E-state index < -0.39 is 43.1 Å². The Morgan fingerprint density at radius 2 is 1.24 bits per heavy atom. The number of nitrogens with one attached hydrogen (secondary N) is 1. The molecule has 0 fully saturated rings. The third-order valence-electron chi connectivity index (χ3n) is 5.74. The minimum atomic E-state index is -3.99. The molecular weight excluding hydrogens is 504 g/mol. The zero-order chi connectivity index (χ0) is 26.5. The molecule has 0 spiro atoms. The van der Waals surface area contributed by atoms with E-state index in [1.54, 1.807) is 30.3 Å². The number of sulfonamides is 1. The minimum absolute atomic E-state index is 0.00294. The number of anilines is 2. The highest BCUT2D eigenvalue weighted by Crippen LogP contribution is 2.38. The van der Waals surface area contributed by atoms with E-state index in [0.717, 1.165) is 24.3 Å². The van der Waals surface area contributed by atoms with Gasteiger partial charge in [0.2, 0.25) is 0 Å². The molecule has 0 atom stereocenters. The molecule has 0 aromatic heterocycles. The molecule has 4 aromatic carbocycles. The van der Waals surface area contributed by atoms with Crippen molar-refractivity contribution >= 4 is 55.4 Å². The molecular formula is C24H14N4O8S. The number of nitro groups is 2. The first-order valence-corrected chi connectivity index (χ1v) is 12.0. The molecule has 184 valence electrons. The van der Waals surface area contributed by atoms with Crippen molar-refractivity contribution in [2.24, 2.45) is 0 Å². The Bertz CT molecular complexity index is 1680. The van der Waals surface area contributed by atoms with Crippen molar-refractivity contribution in [1.29, 1.82) is 0 Å². The van der Waals surface area contributed by atoms with Crippen LogP contribution < -0.4 is 9.62 Å². The molecule has 0 saturated carbocycles. The van der Waals surface area contributed by atoms with Gasteiger partial charge in [0.15, 0.2) is 0 Å². The number of hydrogen-bond acceptors (Lipinski definition) is 8. The van der Waals surface area contributed by atoms with Crippen LogP contribution in [-0.2, 0) is 10.0 Å². The molecule has 0 radical (unpaired) electrons. The van der Waals surface area contributed by atoms with Crippen molar-refractivity contribution in [3.05, 3.63) is 110 Å². The van der Waals surface area contributed by atoms with Crippen LogP contribution in [0.2, 0.25) is 0 Å². The maximum absolute atomic E-state index is 13.3. The van der Waals surface area contributed by atoms with Gasteiger partial charge in [-0.25, -0.2) is 13.3 Å².